The summed E-state index contributed by atoms with van der Waals surface area (Å²) in [6.45, 7) is 0.723. The Bertz CT molecular complexity index is 551. The Morgan fingerprint density at radius 2 is 2.22 bits per heavy atom. The fourth-order valence-corrected chi connectivity index (χ4v) is 2.20. The molecule has 1 aliphatic heterocycles. The number of amides is 2. The monoisotopic (exact) mass is 243 g/mol. The predicted molar refractivity (Wildman–Crippen MR) is 67.6 cm³/mol. The maximum absolute atomic E-state index is 12.2. The van der Waals surface area contributed by atoms with Crippen LogP contribution in [-0.4, -0.2) is 17.7 Å². The fraction of sp³-hybridized carbons (Fsp3) is 0.231. The van der Waals surface area contributed by atoms with E-state index < -0.39 is 0 Å². The van der Waals surface area contributed by atoms with Gasteiger partial charge in [0, 0.05) is 18.3 Å². The number of hydrogen-bond donors (Lipinski definition) is 1. The lowest BCUT2D eigenvalue weighted by Gasteiger charge is -2.29. The number of para-hydroxylation sites is 1. The summed E-state index contributed by atoms with van der Waals surface area (Å²) >= 11 is 0. The largest absolute Gasteiger partial charge is 0.363 e. The number of urea groups is 1. The molecule has 2 amide bonds. The summed E-state index contributed by atoms with van der Waals surface area (Å²) in [5, 5.41) is 6.39. The van der Waals surface area contributed by atoms with Gasteiger partial charge >= 0.3 is 6.03 Å². The van der Waals surface area contributed by atoms with Crippen molar-refractivity contribution in [3.8, 4) is 0 Å². The Balaban J connectivity index is 1.83. The Hall–Kier alpha value is -2.30. The number of hydrogen-bond acceptors (Lipinski definition) is 3. The highest BCUT2D eigenvalue weighted by Gasteiger charge is 2.22. The van der Waals surface area contributed by atoms with E-state index in [1.807, 2.05) is 18.2 Å². The first-order chi connectivity index (χ1) is 8.84. The molecule has 0 spiro atoms. The first-order valence-electron chi connectivity index (χ1n) is 5.91. The van der Waals surface area contributed by atoms with Gasteiger partial charge in [0.2, 0.25) is 0 Å². The molecule has 0 aliphatic carbocycles. The van der Waals surface area contributed by atoms with Crippen LogP contribution in [0.15, 0.2) is 41.1 Å². The summed E-state index contributed by atoms with van der Waals surface area (Å²) in [6, 6.07) is 9.42. The molecule has 18 heavy (non-hydrogen) atoms. The van der Waals surface area contributed by atoms with Crippen molar-refractivity contribution < 1.29 is 9.32 Å². The van der Waals surface area contributed by atoms with E-state index in [-0.39, 0.29) is 6.03 Å². The lowest BCUT2D eigenvalue weighted by Crippen LogP contribution is -2.38. The van der Waals surface area contributed by atoms with Gasteiger partial charge in [-0.3, -0.25) is 10.2 Å². The van der Waals surface area contributed by atoms with Crippen LogP contribution < -0.4 is 10.2 Å². The Kier molecular flexibility index (Phi) is 2.72. The quantitative estimate of drug-likeness (QED) is 0.837. The average Bonchev–Trinajstić information content (AvgIpc) is 2.91. The van der Waals surface area contributed by atoms with Crippen molar-refractivity contribution in [3.63, 3.8) is 0 Å². The van der Waals surface area contributed by atoms with Crippen LogP contribution in [0.2, 0.25) is 0 Å². The third-order valence-electron chi connectivity index (χ3n) is 3.03. The highest BCUT2D eigenvalue weighted by Crippen LogP contribution is 2.27. The Labute approximate surface area is 104 Å². The van der Waals surface area contributed by atoms with E-state index in [1.165, 1.54) is 11.8 Å². The van der Waals surface area contributed by atoms with E-state index in [9.17, 15) is 4.79 Å². The molecule has 1 N–H and O–H groups in total. The summed E-state index contributed by atoms with van der Waals surface area (Å²) in [4.78, 5) is 13.9. The number of benzene rings is 1. The number of fused-ring (bicyclic) bond motifs is 1. The van der Waals surface area contributed by atoms with Gasteiger partial charge in [0.1, 0.15) is 6.26 Å². The molecule has 0 atom stereocenters. The van der Waals surface area contributed by atoms with Gasteiger partial charge in [-0.2, -0.15) is 0 Å². The second-order valence-corrected chi connectivity index (χ2v) is 4.20. The lowest BCUT2D eigenvalue weighted by atomic mass is 10.0. The molecular formula is C13H13N3O2. The molecule has 1 aliphatic rings. The van der Waals surface area contributed by atoms with Gasteiger partial charge in [0.05, 0.1) is 0 Å². The average molecular weight is 243 g/mol. The first-order valence-corrected chi connectivity index (χ1v) is 5.91. The fourth-order valence-electron chi connectivity index (χ4n) is 2.20. The van der Waals surface area contributed by atoms with Crippen molar-refractivity contribution in [2.45, 2.75) is 12.8 Å². The number of carbonyl (C=O) groups excluding carboxylic acids is 1. The number of carbonyl (C=O) groups is 1. The van der Waals surface area contributed by atoms with Crippen LogP contribution in [0.4, 0.5) is 16.3 Å². The van der Waals surface area contributed by atoms with Gasteiger partial charge in [-0.05, 0) is 24.5 Å². The molecule has 0 bridgehead atoms. The van der Waals surface area contributed by atoms with Gasteiger partial charge in [0.15, 0.2) is 5.82 Å². The SMILES string of the molecule is O=C(Nc1ccon1)N1CCCc2ccccc21. The second kappa shape index (κ2) is 4.52. The van der Waals surface area contributed by atoms with Crippen molar-refractivity contribution in [1.29, 1.82) is 0 Å². The topological polar surface area (TPSA) is 58.4 Å². The molecule has 5 heteroatoms. The molecule has 1 aromatic carbocycles. The minimum absolute atomic E-state index is 0.170. The molecule has 5 nitrogen and oxygen atoms in total. The first kappa shape index (κ1) is 10.8. The molecule has 0 fully saturated rings. The van der Waals surface area contributed by atoms with Crippen LogP contribution in [0.25, 0.3) is 0 Å². The number of aryl methyl sites for hydroxylation is 1. The van der Waals surface area contributed by atoms with Crippen LogP contribution in [0.1, 0.15) is 12.0 Å². The second-order valence-electron chi connectivity index (χ2n) is 4.20. The molecule has 3 rings (SSSR count). The predicted octanol–water partition coefficient (Wildman–Crippen LogP) is 2.66. The van der Waals surface area contributed by atoms with E-state index in [0.717, 1.165) is 25.1 Å². The molecular weight excluding hydrogens is 230 g/mol. The maximum atomic E-state index is 12.2. The maximum Gasteiger partial charge on any atom is 0.327 e. The highest BCUT2D eigenvalue weighted by atomic mass is 16.5. The summed E-state index contributed by atoms with van der Waals surface area (Å²) in [7, 11) is 0. The number of aromatic nitrogens is 1. The summed E-state index contributed by atoms with van der Waals surface area (Å²) in [5.74, 6) is 0.433. The van der Waals surface area contributed by atoms with Crippen LogP contribution in [-0.2, 0) is 6.42 Å². The van der Waals surface area contributed by atoms with Crippen LogP contribution in [0, 0.1) is 0 Å². The molecule has 2 heterocycles. The van der Waals surface area contributed by atoms with Gasteiger partial charge in [-0.15, -0.1) is 0 Å². The Morgan fingerprint density at radius 3 is 3.06 bits per heavy atom. The smallest absolute Gasteiger partial charge is 0.327 e. The molecule has 2 aromatic rings. The zero-order valence-corrected chi connectivity index (χ0v) is 9.80. The molecule has 0 unspecified atom stereocenters. The van der Waals surface area contributed by atoms with Crippen molar-refractivity contribution in [3.05, 3.63) is 42.2 Å². The van der Waals surface area contributed by atoms with Crippen LogP contribution in [0.3, 0.4) is 0 Å². The standard InChI is InChI=1S/C13H13N3O2/c17-13(14-12-7-9-18-15-12)16-8-3-5-10-4-1-2-6-11(10)16/h1-2,4,6-7,9H,3,5,8H2,(H,14,15,17). The van der Waals surface area contributed by atoms with Gasteiger partial charge < -0.3 is 4.52 Å². The van der Waals surface area contributed by atoms with Crippen molar-refractivity contribution in [2.24, 2.45) is 0 Å². The molecule has 0 radical (unpaired) electrons. The minimum atomic E-state index is -0.170. The zero-order valence-electron chi connectivity index (χ0n) is 9.80. The van der Waals surface area contributed by atoms with Crippen molar-refractivity contribution in [2.75, 3.05) is 16.8 Å². The van der Waals surface area contributed by atoms with E-state index in [1.54, 1.807) is 11.0 Å². The molecule has 0 saturated heterocycles. The molecule has 0 saturated carbocycles. The molecule has 92 valence electrons. The van der Waals surface area contributed by atoms with E-state index >= 15 is 0 Å². The zero-order chi connectivity index (χ0) is 12.4. The van der Waals surface area contributed by atoms with E-state index in [4.69, 9.17) is 0 Å². The van der Waals surface area contributed by atoms with Crippen molar-refractivity contribution in [1.82, 2.24) is 5.16 Å². The van der Waals surface area contributed by atoms with Crippen LogP contribution >= 0.6 is 0 Å². The number of rotatable bonds is 1. The third-order valence-corrected chi connectivity index (χ3v) is 3.03. The van der Waals surface area contributed by atoms with Gasteiger partial charge in [0.25, 0.3) is 0 Å². The van der Waals surface area contributed by atoms with E-state index in [2.05, 4.69) is 21.1 Å². The van der Waals surface area contributed by atoms with Gasteiger partial charge in [-0.25, -0.2) is 4.79 Å². The molecule has 1 aromatic heterocycles. The Morgan fingerprint density at radius 1 is 1.33 bits per heavy atom. The van der Waals surface area contributed by atoms with Crippen LogP contribution in [0.5, 0.6) is 0 Å². The normalized spacial score (nSPS) is 14.1. The number of anilines is 2. The lowest BCUT2D eigenvalue weighted by molar-refractivity contribution is 0.256. The summed E-state index contributed by atoms with van der Waals surface area (Å²) < 4.78 is 4.69. The highest BCUT2D eigenvalue weighted by molar-refractivity contribution is 6.01. The number of nitrogens with zero attached hydrogens (tertiary/aromatic N) is 2. The summed E-state index contributed by atoms with van der Waals surface area (Å²) in [6.07, 6.45) is 3.42. The summed E-state index contributed by atoms with van der Waals surface area (Å²) in [5.41, 5.74) is 2.18. The minimum Gasteiger partial charge on any atom is -0.363 e. The van der Waals surface area contributed by atoms with E-state index in [0.29, 0.717) is 5.82 Å². The third kappa shape index (κ3) is 1.95. The van der Waals surface area contributed by atoms with Crippen molar-refractivity contribution >= 4 is 17.5 Å². The van der Waals surface area contributed by atoms with Gasteiger partial charge in [-0.1, -0.05) is 23.4 Å². The number of nitrogens with one attached hydrogen (secondary N) is 1.